The Labute approximate surface area is 138 Å². The maximum atomic E-state index is 13.5. The first kappa shape index (κ1) is 18.5. The van der Waals surface area contributed by atoms with E-state index in [1.807, 2.05) is 0 Å². The number of halogens is 4. The number of amides is 1. The highest BCUT2D eigenvalue weighted by atomic mass is 19.4. The molecule has 1 aliphatic rings. The Balaban J connectivity index is 1.95. The molecule has 1 aliphatic heterocycles. The fourth-order valence-electron chi connectivity index (χ4n) is 1.94. The molecule has 1 saturated heterocycles. The molecule has 0 bridgehead atoms. The van der Waals surface area contributed by atoms with Gasteiger partial charge in [-0.3, -0.25) is 0 Å². The van der Waals surface area contributed by atoms with Crippen molar-refractivity contribution in [2.75, 3.05) is 19.7 Å². The first-order chi connectivity index (χ1) is 11.6. The lowest BCUT2D eigenvalue weighted by atomic mass is 9.94. The minimum absolute atomic E-state index is 0.0595. The molecule has 7 nitrogen and oxygen atoms in total. The second kappa shape index (κ2) is 6.94. The monoisotopic (exact) mass is 361 g/mol. The summed E-state index contributed by atoms with van der Waals surface area (Å²) in [5.74, 6) is -3.38. The van der Waals surface area contributed by atoms with Crippen LogP contribution in [0, 0.1) is 17.1 Å². The summed E-state index contributed by atoms with van der Waals surface area (Å²) in [6.45, 7) is 0.0583. The molecule has 11 heteroatoms. The van der Waals surface area contributed by atoms with Crippen molar-refractivity contribution in [2.24, 2.45) is 0 Å². The number of benzene rings is 1. The van der Waals surface area contributed by atoms with E-state index in [-0.39, 0.29) is 31.0 Å². The zero-order valence-electron chi connectivity index (χ0n) is 12.4. The molecular weight excluding hydrogens is 350 g/mol. The van der Waals surface area contributed by atoms with Crippen molar-refractivity contribution in [3.05, 3.63) is 29.6 Å². The average Bonchev–Trinajstić information content (AvgIpc) is 2.49. The largest absolute Gasteiger partial charge is 0.491 e. The molecule has 1 aromatic rings. The molecule has 1 aromatic carbocycles. The molecule has 1 fully saturated rings. The summed E-state index contributed by atoms with van der Waals surface area (Å²) in [4.78, 5) is 22.0. The number of alkyl carbamates (subject to hydrolysis) is 1. The first-order valence-corrected chi connectivity index (χ1v) is 6.79. The minimum atomic E-state index is -5.29. The number of carbonyl (C=O) groups excluding carboxylic acids is 2. The molecule has 25 heavy (non-hydrogen) atoms. The molecule has 0 aliphatic carbocycles. The highest BCUT2D eigenvalue weighted by Crippen LogP contribution is 2.20. The van der Waals surface area contributed by atoms with Gasteiger partial charge in [0.2, 0.25) is 0 Å². The third kappa shape index (κ3) is 4.57. The fraction of sp³-hybridized carbons (Fsp3) is 0.357. The molecule has 0 atom stereocenters. The van der Waals surface area contributed by atoms with Gasteiger partial charge in [-0.15, -0.1) is 0 Å². The van der Waals surface area contributed by atoms with Crippen molar-refractivity contribution in [1.82, 2.24) is 10.6 Å². The van der Waals surface area contributed by atoms with Gasteiger partial charge in [0, 0.05) is 19.2 Å². The summed E-state index contributed by atoms with van der Waals surface area (Å²) in [6.07, 6.45) is -6.86. The third-order valence-corrected chi connectivity index (χ3v) is 3.29. The lowest BCUT2D eigenvalue weighted by molar-refractivity contribution is -0.193. The number of nitriles is 1. The van der Waals surface area contributed by atoms with Gasteiger partial charge in [0.25, 0.3) is 0 Å². The lowest BCUT2D eigenvalue weighted by Crippen LogP contribution is -2.71. The number of carbonyl (C=O) groups is 2. The number of hydrogen-bond acceptors (Lipinski definition) is 6. The van der Waals surface area contributed by atoms with Crippen molar-refractivity contribution >= 4 is 12.1 Å². The van der Waals surface area contributed by atoms with E-state index in [4.69, 9.17) is 10.00 Å². The van der Waals surface area contributed by atoms with Gasteiger partial charge in [0.05, 0.1) is 5.56 Å². The predicted octanol–water partition coefficient (Wildman–Crippen LogP) is 1.23. The third-order valence-electron chi connectivity index (χ3n) is 3.29. The molecule has 0 radical (unpaired) electrons. The minimum Gasteiger partial charge on any atom is -0.491 e. The molecular formula is C14H11F4N3O4. The normalized spacial score (nSPS) is 15.5. The van der Waals surface area contributed by atoms with E-state index in [1.165, 1.54) is 12.1 Å². The Bertz CT molecular complexity index is 726. The molecule has 2 rings (SSSR count). The summed E-state index contributed by atoms with van der Waals surface area (Å²) < 4.78 is 58.6. The Kier molecular flexibility index (Phi) is 5.13. The van der Waals surface area contributed by atoms with Crippen molar-refractivity contribution in [3.8, 4) is 11.8 Å². The second-order valence-electron chi connectivity index (χ2n) is 5.23. The van der Waals surface area contributed by atoms with E-state index < -0.39 is 29.6 Å². The Morgan fingerprint density at radius 3 is 2.52 bits per heavy atom. The topological polar surface area (TPSA) is 100 Å². The lowest BCUT2D eigenvalue weighted by Gasteiger charge is -2.42. The van der Waals surface area contributed by atoms with Crippen molar-refractivity contribution in [2.45, 2.75) is 11.7 Å². The number of ether oxygens (including phenoxy) is 2. The van der Waals surface area contributed by atoms with Crippen LogP contribution in [0.2, 0.25) is 0 Å². The van der Waals surface area contributed by atoms with Crippen LogP contribution in [-0.4, -0.2) is 43.5 Å². The zero-order chi connectivity index (χ0) is 18.7. The predicted molar refractivity (Wildman–Crippen MR) is 72.9 cm³/mol. The Morgan fingerprint density at radius 2 is 2.04 bits per heavy atom. The van der Waals surface area contributed by atoms with Gasteiger partial charge in [-0.05, 0) is 12.1 Å². The molecule has 0 aromatic heterocycles. The molecule has 1 amide bonds. The summed E-state index contributed by atoms with van der Waals surface area (Å²) >= 11 is 0. The Morgan fingerprint density at radius 1 is 1.36 bits per heavy atom. The highest BCUT2D eigenvalue weighted by Gasteiger charge is 2.45. The van der Waals surface area contributed by atoms with E-state index in [1.54, 1.807) is 6.07 Å². The maximum Gasteiger partial charge on any atom is 0.491 e. The molecule has 0 saturated carbocycles. The van der Waals surface area contributed by atoms with Crippen LogP contribution >= 0.6 is 0 Å². The van der Waals surface area contributed by atoms with Crippen molar-refractivity contribution < 1.29 is 36.6 Å². The number of alkyl halides is 3. The number of nitrogens with zero attached hydrogens (tertiary/aromatic N) is 1. The van der Waals surface area contributed by atoms with E-state index >= 15 is 0 Å². The van der Waals surface area contributed by atoms with Gasteiger partial charge in [-0.2, -0.15) is 18.4 Å². The zero-order valence-corrected chi connectivity index (χ0v) is 12.4. The number of hydrogen-bond donors (Lipinski definition) is 2. The van der Waals surface area contributed by atoms with Gasteiger partial charge >= 0.3 is 18.2 Å². The Hall–Kier alpha value is -2.87. The van der Waals surface area contributed by atoms with Gasteiger partial charge < -0.3 is 20.1 Å². The number of nitrogens with one attached hydrogen (secondary N) is 2. The molecule has 0 spiro atoms. The first-order valence-electron chi connectivity index (χ1n) is 6.79. The van der Waals surface area contributed by atoms with Gasteiger partial charge in [0.15, 0.2) is 0 Å². The van der Waals surface area contributed by atoms with Crippen LogP contribution in [0.3, 0.4) is 0 Å². The summed E-state index contributed by atoms with van der Waals surface area (Å²) in [6, 6.07) is 5.12. The fourth-order valence-corrected chi connectivity index (χ4v) is 1.94. The van der Waals surface area contributed by atoms with Crippen LogP contribution in [0.25, 0.3) is 0 Å². The average molecular weight is 361 g/mol. The van der Waals surface area contributed by atoms with Gasteiger partial charge in [-0.1, -0.05) is 0 Å². The smallest absolute Gasteiger partial charge is 0.491 e. The van der Waals surface area contributed by atoms with Crippen LogP contribution in [0.1, 0.15) is 5.56 Å². The summed E-state index contributed by atoms with van der Waals surface area (Å²) in [5.41, 5.74) is -1.30. The van der Waals surface area contributed by atoms with E-state index in [0.29, 0.717) is 0 Å². The summed E-state index contributed by atoms with van der Waals surface area (Å²) in [7, 11) is 0. The standard InChI is InChI=1S/C14H11F4N3O4/c15-10-3-9(2-1-8(10)4-19)24-7-13(5-20-6-13)21-12(23)25-11(22)14(16,17)18/h1-3,20H,5-7H2,(H,21,23). The van der Waals surface area contributed by atoms with Crippen LogP contribution in [0.5, 0.6) is 5.75 Å². The van der Waals surface area contributed by atoms with E-state index in [0.717, 1.165) is 6.07 Å². The SMILES string of the molecule is N#Cc1ccc(OCC2(NC(=O)OC(=O)C(F)(F)F)CNC2)cc1F. The molecule has 1 heterocycles. The quantitative estimate of drug-likeness (QED) is 0.475. The van der Waals surface area contributed by atoms with E-state index in [2.05, 4.69) is 15.4 Å². The van der Waals surface area contributed by atoms with Gasteiger partial charge in [0.1, 0.15) is 29.8 Å². The summed E-state index contributed by atoms with van der Waals surface area (Å²) in [5, 5.41) is 13.5. The number of esters is 1. The van der Waals surface area contributed by atoms with Crippen LogP contribution in [0.4, 0.5) is 22.4 Å². The maximum absolute atomic E-state index is 13.5. The highest BCUT2D eigenvalue weighted by molar-refractivity contribution is 5.88. The molecule has 0 unspecified atom stereocenters. The molecule has 134 valence electrons. The molecule has 2 N–H and O–H groups in total. The van der Waals surface area contributed by atoms with Crippen LogP contribution in [0.15, 0.2) is 18.2 Å². The van der Waals surface area contributed by atoms with E-state index in [9.17, 15) is 27.2 Å². The van der Waals surface area contributed by atoms with Crippen LogP contribution in [-0.2, 0) is 9.53 Å². The van der Waals surface area contributed by atoms with Crippen LogP contribution < -0.4 is 15.4 Å². The van der Waals surface area contributed by atoms with Gasteiger partial charge in [-0.25, -0.2) is 14.0 Å². The van der Waals surface area contributed by atoms with Crippen molar-refractivity contribution in [3.63, 3.8) is 0 Å². The van der Waals surface area contributed by atoms with Crippen molar-refractivity contribution in [1.29, 1.82) is 5.26 Å². The number of rotatable bonds is 4. The second-order valence-corrected chi connectivity index (χ2v) is 5.23.